The number of nitrogens with zero attached hydrogens (tertiary/aromatic N) is 5. The molecule has 0 aliphatic rings. The van der Waals surface area contributed by atoms with Crippen LogP contribution in [0, 0.1) is 0 Å². The van der Waals surface area contributed by atoms with Crippen molar-refractivity contribution in [2.45, 2.75) is 12.5 Å². The van der Waals surface area contributed by atoms with Crippen molar-refractivity contribution in [3.8, 4) is 0 Å². The maximum Gasteiger partial charge on any atom is 0.332 e. The van der Waals surface area contributed by atoms with Crippen LogP contribution >= 0.6 is 11.6 Å². The predicted molar refractivity (Wildman–Crippen MR) is 128 cm³/mol. The Balaban J connectivity index is 1.69. The summed E-state index contributed by atoms with van der Waals surface area (Å²) in [5.74, 6) is -1.29. The first-order valence-corrected chi connectivity index (χ1v) is 10.8. The van der Waals surface area contributed by atoms with E-state index in [0.29, 0.717) is 16.3 Å². The third kappa shape index (κ3) is 3.30. The van der Waals surface area contributed by atoms with Crippen LogP contribution in [-0.4, -0.2) is 34.6 Å². The molecule has 0 saturated carbocycles. The van der Waals surface area contributed by atoms with E-state index in [-0.39, 0.29) is 23.5 Å². The molecule has 1 unspecified atom stereocenters. The van der Waals surface area contributed by atoms with Gasteiger partial charge in [-0.15, -0.1) is 0 Å². The molecule has 4 aromatic heterocycles. The highest BCUT2D eigenvalue weighted by Crippen LogP contribution is 2.26. The summed E-state index contributed by atoms with van der Waals surface area (Å²) in [4.78, 5) is 50.6. The molecule has 0 fully saturated rings. The predicted octanol–water partition coefficient (Wildman–Crippen LogP) is 1.63. The van der Waals surface area contributed by atoms with E-state index < -0.39 is 23.1 Å². The minimum absolute atomic E-state index is 0.0105. The van der Waals surface area contributed by atoms with Crippen molar-refractivity contribution >= 4 is 39.6 Å². The highest BCUT2D eigenvalue weighted by atomic mass is 35.5. The third-order valence-corrected chi connectivity index (χ3v) is 6.30. The molecule has 1 aromatic carbocycles. The number of aromatic amines is 1. The number of carbonyl (C=O) groups is 1. The largest absolute Gasteiger partial charge is 0.369 e. The van der Waals surface area contributed by atoms with Gasteiger partial charge >= 0.3 is 5.69 Å². The quantitative estimate of drug-likeness (QED) is 0.397. The summed E-state index contributed by atoms with van der Waals surface area (Å²) < 4.78 is 3.93. The highest BCUT2D eigenvalue weighted by Gasteiger charge is 2.28. The van der Waals surface area contributed by atoms with Crippen molar-refractivity contribution in [3.63, 3.8) is 0 Å². The number of halogens is 1. The van der Waals surface area contributed by atoms with Crippen LogP contribution in [0.3, 0.4) is 0 Å². The Morgan fingerprint density at radius 2 is 1.88 bits per heavy atom. The fourth-order valence-electron chi connectivity index (χ4n) is 4.29. The Kier molecular flexibility index (Phi) is 5.09. The van der Waals surface area contributed by atoms with Gasteiger partial charge in [0, 0.05) is 48.1 Å². The summed E-state index contributed by atoms with van der Waals surface area (Å²) in [7, 11) is 3.16. The Labute approximate surface area is 197 Å². The van der Waals surface area contributed by atoms with E-state index in [1.165, 1.54) is 16.2 Å². The van der Waals surface area contributed by atoms with Crippen molar-refractivity contribution in [2.24, 2.45) is 19.8 Å². The number of carbonyl (C=O) groups excluding carboxylic acids is 1. The summed E-state index contributed by atoms with van der Waals surface area (Å²) in [6.07, 6.45) is 3.09. The van der Waals surface area contributed by atoms with Gasteiger partial charge in [0.15, 0.2) is 11.2 Å². The zero-order valence-corrected chi connectivity index (χ0v) is 19.1. The number of hydrogen-bond donors (Lipinski definition) is 2. The highest BCUT2D eigenvalue weighted by molar-refractivity contribution is 6.35. The number of benzene rings is 1. The van der Waals surface area contributed by atoms with Crippen LogP contribution in [0.2, 0.25) is 5.02 Å². The summed E-state index contributed by atoms with van der Waals surface area (Å²) in [6, 6.07) is 10.6. The first-order valence-electron chi connectivity index (χ1n) is 10.4. The number of aromatic nitrogens is 6. The van der Waals surface area contributed by atoms with E-state index >= 15 is 0 Å². The van der Waals surface area contributed by atoms with Crippen molar-refractivity contribution < 1.29 is 4.79 Å². The first-order chi connectivity index (χ1) is 16.3. The monoisotopic (exact) mass is 477 g/mol. The molecule has 0 radical (unpaired) electrons. The van der Waals surface area contributed by atoms with Crippen molar-refractivity contribution in [1.82, 2.24) is 28.7 Å². The molecule has 0 saturated heterocycles. The number of H-pyrrole nitrogens is 1. The lowest BCUT2D eigenvalue weighted by Gasteiger charge is -2.13. The number of pyridine rings is 1. The van der Waals surface area contributed by atoms with Gasteiger partial charge < -0.3 is 15.3 Å². The normalized spacial score (nSPS) is 12.4. The Morgan fingerprint density at radius 3 is 2.56 bits per heavy atom. The molecule has 172 valence electrons. The van der Waals surface area contributed by atoms with Crippen LogP contribution < -0.4 is 17.0 Å². The molecule has 3 N–H and O–H groups in total. The molecule has 1 amide bonds. The number of nitrogens with one attached hydrogen (secondary N) is 1. The lowest BCUT2D eigenvalue weighted by Crippen LogP contribution is -2.39. The van der Waals surface area contributed by atoms with Crippen LogP contribution in [0.15, 0.2) is 58.4 Å². The van der Waals surface area contributed by atoms with Gasteiger partial charge in [0.1, 0.15) is 11.7 Å². The topological polar surface area (TPSA) is 134 Å². The summed E-state index contributed by atoms with van der Waals surface area (Å²) in [6.45, 7) is 0.0105. The van der Waals surface area contributed by atoms with Gasteiger partial charge in [-0.25, -0.2) is 9.78 Å². The van der Waals surface area contributed by atoms with E-state index in [1.807, 2.05) is 18.2 Å². The summed E-state index contributed by atoms with van der Waals surface area (Å²) >= 11 is 6.26. The second kappa shape index (κ2) is 7.99. The summed E-state index contributed by atoms with van der Waals surface area (Å²) in [5.41, 5.74) is 7.03. The van der Waals surface area contributed by atoms with Crippen molar-refractivity contribution in [2.75, 3.05) is 0 Å². The molecule has 1 atom stereocenters. The first kappa shape index (κ1) is 21.7. The van der Waals surface area contributed by atoms with Gasteiger partial charge in [0.25, 0.3) is 5.56 Å². The van der Waals surface area contributed by atoms with Gasteiger partial charge in [0.2, 0.25) is 5.91 Å². The van der Waals surface area contributed by atoms with Gasteiger partial charge in [0.05, 0.1) is 6.54 Å². The van der Waals surface area contributed by atoms with E-state index in [9.17, 15) is 14.4 Å². The number of amides is 1. The third-order valence-electron chi connectivity index (χ3n) is 5.97. The smallest absolute Gasteiger partial charge is 0.332 e. The molecule has 4 heterocycles. The van der Waals surface area contributed by atoms with Crippen LogP contribution in [-0.2, 0) is 25.4 Å². The number of nitrogens with two attached hydrogens (primary N) is 1. The van der Waals surface area contributed by atoms with Crippen LogP contribution in [0.5, 0.6) is 0 Å². The van der Waals surface area contributed by atoms with Crippen LogP contribution in [0.25, 0.3) is 22.1 Å². The van der Waals surface area contributed by atoms with E-state index in [4.69, 9.17) is 17.3 Å². The lowest BCUT2D eigenvalue weighted by atomic mass is 9.99. The molecule has 10 nitrogen and oxygen atoms in total. The van der Waals surface area contributed by atoms with E-state index in [0.717, 1.165) is 15.5 Å². The fraction of sp³-hybridized carbons (Fsp3) is 0.174. The Bertz CT molecular complexity index is 1700. The average Bonchev–Trinajstić information content (AvgIpc) is 3.38. The van der Waals surface area contributed by atoms with Gasteiger partial charge in [-0.2, -0.15) is 0 Å². The number of imidazole rings is 1. The zero-order valence-electron chi connectivity index (χ0n) is 18.3. The molecule has 5 rings (SSSR count). The van der Waals surface area contributed by atoms with Crippen LogP contribution in [0.4, 0.5) is 0 Å². The SMILES string of the molecule is Cn1c(C(C(N)=O)c2ccncc2)nc2c1c(=O)n(Cc1cc3c(Cl)cccc3[nH]1)c(=O)n2C. The number of primary amides is 1. The van der Waals surface area contributed by atoms with Gasteiger partial charge in [-0.1, -0.05) is 17.7 Å². The average molecular weight is 478 g/mol. The van der Waals surface area contributed by atoms with E-state index in [1.54, 1.807) is 37.6 Å². The second-order valence-electron chi connectivity index (χ2n) is 8.05. The fourth-order valence-corrected chi connectivity index (χ4v) is 4.52. The molecule has 0 spiro atoms. The van der Waals surface area contributed by atoms with Gasteiger partial charge in [-0.3, -0.25) is 23.7 Å². The Hall–Kier alpha value is -4.18. The molecular formula is C23H20ClN7O3. The molecule has 0 bridgehead atoms. The second-order valence-corrected chi connectivity index (χ2v) is 8.45. The van der Waals surface area contributed by atoms with E-state index in [2.05, 4.69) is 15.0 Å². The van der Waals surface area contributed by atoms with Gasteiger partial charge in [-0.05, 0) is 35.9 Å². The molecule has 0 aliphatic carbocycles. The minimum atomic E-state index is -0.917. The maximum atomic E-state index is 13.5. The maximum absolute atomic E-state index is 13.5. The molecule has 5 aromatic rings. The molecule has 0 aliphatic heterocycles. The lowest BCUT2D eigenvalue weighted by molar-refractivity contribution is -0.118. The summed E-state index contributed by atoms with van der Waals surface area (Å²) in [5, 5.41) is 1.37. The zero-order chi connectivity index (χ0) is 24.1. The number of rotatable bonds is 5. The number of fused-ring (bicyclic) bond motifs is 2. The minimum Gasteiger partial charge on any atom is -0.369 e. The van der Waals surface area contributed by atoms with Crippen LogP contribution in [0.1, 0.15) is 23.0 Å². The molecular weight excluding hydrogens is 458 g/mol. The number of hydrogen-bond acceptors (Lipinski definition) is 5. The Morgan fingerprint density at radius 1 is 1.15 bits per heavy atom. The van der Waals surface area contributed by atoms with Crippen molar-refractivity contribution in [3.05, 3.63) is 91.7 Å². The standard InChI is InChI=1S/C23H20ClN7O3/c1-29-18-21(28-20(29)17(19(25)32)12-6-8-26-9-7-12)30(2)23(34)31(22(18)33)11-13-10-14-15(24)4-3-5-16(14)27-13/h3-10,17,27H,11H2,1-2H3,(H2,25,32). The molecule has 34 heavy (non-hydrogen) atoms. The van der Waals surface area contributed by atoms with Crippen molar-refractivity contribution in [1.29, 1.82) is 0 Å². The molecule has 11 heteroatoms. The number of aryl methyl sites for hydroxylation is 2.